The maximum absolute atomic E-state index is 13.3. The van der Waals surface area contributed by atoms with Gasteiger partial charge in [0.05, 0.1) is 6.04 Å². The molecule has 3 aromatic rings. The molecular formula is C16H13FN2. The summed E-state index contributed by atoms with van der Waals surface area (Å²) in [6.07, 6.45) is 3.55. The van der Waals surface area contributed by atoms with Crippen LogP contribution in [0.4, 0.5) is 4.39 Å². The molecule has 0 saturated carbocycles. The number of aromatic nitrogens is 1. The summed E-state index contributed by atoms with van der Waals surface area (Å²) in [7, 11) is 0. The highest BCUT2D eigenvalue weighted by atomic mass is 19.1. The Morgan fingerprint density at radius 3 is 2.68 bits per heavy atom. The van der Waals surface area contributed by atoms with Gasteiger partial charge in [0.15, 0.2) is 0 Å². The van der Waals surface area contributed by atoms with Gasteiger partial charge in [-0.25, -0.2) is 4.39 Å². The lowest BCUT2D eigenvalue weighted by atomic mass is 9.96. The number of hydrogen-bond acceptors (Lipinski definition) is 2. The smallest absolute Gasteiger partial charge is 0.123 e. The van der Waals surface area contributed by atoms with Gasteiger partial charge in [-0.3, -0.25) is 4.98 Å². The van der Waals surface area contributed by atoms with Gasteiger partial charge in [-0.1, -0.05) is 36.4 Å². The Bertz CT molecular complexity index is 719. The van der Waals surface area contributed by atoms with Crippen LogP contribution < -0.4 is 5.73 Å². The molecule has 0 aliphatic rings. The number of hydrogen-bond donors (Lipinski definition) is 1. The van der Waals surface area contributed by atoms with E-state index in [1.807, 2.05) is 30.3 Å². The van der Waals surface area contributed by atoms with Crippen LogP contribution in [-0.2, 0) is 0 Å². The second-order valence-corrected chi connectivity index (χ2v) is 4.48. The summed E-state index contributed by atoms with van der Waals surface area (Å²) in [6, 6.07) is 13.9. The number of halogens is 1. The number of pyridine rings is 1. The van der Waals surface area contributed by atoms with Gasteiger partial charge in [-0.15, -0.1) is 0 Å². The lowest BCUT2D eigenvalue weighted by Crippen LogP contribution is -2.12. The molecule has 1 unspecified atom stereocenters. The molecule has 3 rings (SSSR count). The predicted octanol–water partition coefficient (Wildman–Crippen LogP) is 3.42. The highest BCUT2D eigenvalue weighted by Gasteiger charge is 2.12. The molecule has 0 saturated heterocycles. The third kappa shape index (κ3) is 2.20. The van der Waals surface area contributed by atoms with Crippen LogP contribution in [-0.4, -0.2) is 4.98 Å². The Hall–Kier alpha value is -2.26. The van der Waals surface area contributed by atoms with Crippen LogP contribution in [0.25, 0.3) is 10.8 Å². The number of nitrogens with zero attached hydrogens (tertiary/aromatic N) is 1. The number of fused-ring (bicyclic) bond motifs is 1. The van der Waals surface area contributed by atoms with Gasteiger partial charge in [-0.2, -0.15) is 0 Å². The van der Waals surface area contributed by atoms with E-state index in [9.17, 15) is 4.39 Å². The van der Waals surface area contributed by atoms with E-state index in [-0.39, 0.29) is 11.9 Å². The zero-order chi connectivity index (χ0) is 13.2. The number of nitrogens with two attached hydrogens (primary N) is 1. The summed E-state index contributed by atoms with van der Waals surface area (Å²) < 4.78 is 13.3. The van der Waals surface area contributed by atoms with Gasteiger partial charge in [-0.05, 0) is 28.6 Å². The molecule has 0 spiro atoms. The van der Waals surface area contributed by atoms with Gasteiger partial charge in [0.2, 0.25) is 0 Å². The quantitative estimate of drug-likeness (QED) is 0.759. The van der Waals surface area contributed by atoms with E-state index in [2.05, 4.69) is 4.98 Å². The molecule has 0 radical (unpaired) electrons. The third-order valence-corrected chi connectivity index (χ3v) is 3.24. The Morgan fingerprint density at radius 1 is 1.00 bits per heavy atom. The molecule has 2 N–H and O–H groups in total. The van der Waals surface area contributed by atoms with Gasteiger partial charge in [0.25, 0.3) is 0 Å². The first kappa shape index (κ1) is 11.8. The monoisotopic (exact) mass is 252 g/mol. The highest BCUT2D eigenvalue weighted by molar-refractivity contribution is 5.85. The molecule has 94 valence electrons. The molecule has 0 aliphatic carbocycles. The molecule has 0 fully saturated rings. The first-order valence-corrected chi connectivity index (χ1v) is 6.09. The summed E-state index contributed by atoms with van der Waals surface area (Å²) in [4.78, 5) is 4.21. The summed E-state index contributed by atoms with van der Waals surface area (Å²) >= 11 is 0. The zero-order valence-electron chi connectivity index (χ0n) is 10.3. The fourth-order valence-electron chi connectivity index (χ4n) is 2.27. The van der Waals surface area contributed by atoms with E-state index in [4.69, 9.17) is 5.73 Å². The van der Waals surface area contributed by atoms with Crippen LogP contribution in [0, 0.1) is 5.82 Å². The van der Waals surface area contributed by atoms with Crippen molar-refractivity contribution in [2.75, 3.05) is 0 Å². The van der Waals surface area contributed by atoms with Crippen molar-refractivity contribution in [3.63, 3.8) is 0 Å². The Labute approximate surface area is 110 Å². The summed E-state index contributed by atoms with van der Waals surface area (Å²) in [5.41, 5.74) is 7.90. The first-order chi connectivity index (χ1) is 9.25. The normalized spacial score (nSPS) is 12.5. The summed E-state index contributed by atoms with van der Waals surface area (Å²) in [5.74, 6) is -0.277. The molecule has 2 nitrogen and oxygen atoms in total. The minimum atomic E-state index is -0.380. The molecule has 1 atom stereocenters. The van der Waals surface area contributed by atoms with Gasteiger partial charge in [0.1, 0.15) is 5.82 Å². The zero-order valence-corrected chi connectivity index (χ0v) is 10.3. The second-order valence-electron chi connectivity index (χ2n) is 4.48. The first-order valence-electron chi connectivity index (χ1n) is 6.09. The van der Waals surface area contributed by atoms with Crippen molar-refractivity contribution in [3.8, 4) is 0 Å². The Kier molecular flexibility index (Phi) is 2.97. The third-order valence-electron chi connectivity index (χ3n) is 3.24. The molecule has 19 heavy (non-hydrogen) atoms. The fourth-order valence-corrected chi connectivity index (χ4v) is 2.27. The van der Waals surface area contributed by atoms with Crippen molar-refractivity contribution in [2.45, 2.75) is 6.04 Å². The topological polar surface area (TPSA) is 38.9 Å². The van der Waals surface area contributed by atoms with Crippen molar-refractivity contribution in [3.05, 3.63) is 77.9 Å². The van der Waals surface area contributed by atoms with Crippen LogP contribution in [0.1, 0.15) is 17.2 Å². The average molecular weight is 252 g/mol. The molecule has 0 aliphatic heterocycles. The van der Waals surface area contributed by atoms with Crippen LogP contribution in [0.3, 0.4) is 0 Å². The fraction of sp³-hybridized carbons (Fsp3) is 0.0625. The van der Waals surface area contributed by atoms with E-state index in [1.165, 1.54) is 12.1 Å². The van der Waals surface area contributed by atoms with Crippen molar-refractivity contribution in [2.24, 2.45) is 5.73 Å². The van der Waals surface area contributed by atoms with E-state index in [0.29, 0.717) is 0 Å². The Morgan fingerprint density at radius 2 is 1.84 bits per heavy atom. The highest BCUT2D eigenvalue weighted by Crippen LogP contribution is 2.26. The second kappa shape index (κ2) is 4.78. The minimum absolute atomic E-state index is 0.277. The van der Waals surface area contributed by atoms with E-state index >= 15 is 0 Å². The average Bonchev–Trinajstić information content (AvgIpc) is 2.46. The minimum Gasteiger partial charge on any atom is -0.320 e. The predicted molar refractivity (Wildman–Crippen MR) is 74.2 cm³/mol. The van der Waals surface area contributed by atoms with Crippen LogP contribution in [0.15, 0.2) is 60.9 Å². The van der Waals surface area contributed by atoms with Crippen LogP contribution >= 0.6 is 0 Å². The van der Waals surface area contributed by atoms with E-state index in [0.717, 1.165) is 21.9 Å². The van der Waals surface area contributed by atoms with Gasteiger partial charge >= 0.3 is 0 Å². The molecule has 0 amide bonds. The number of rotatable bonds is 2. The SMILES string of the molecule is NC(c1cccc(F)c1)c1cncc2ccccc12. The lowest BCUT2D eigenvalue weighted by Gasteiger charge is -2.14. The standard InChI is InChI=1S/C16H13FN2/c17-13-6-3-5-11(8-13)16(18)15-10-19-9-12-4-1-2-7-14(12)15/h1-10,16H,18H2. The maximum Gasteiger partial charge on any atom is 0.123 e. The lowest BCUT2D eigenvalue weighted by molar-refractivity contribution is 0.623. The van der Waals surface area contributed by atoms with Crippen molar-refractivity contribution < 1.29 is 4.39 Å². The molecule has 1 heterocycles. The largest absolute Gasteiger partial charge is 0.320 e. The van der Waals surface area contributed by atoms with E-state index < -0.39 is 0 Å². The molecule has 2 aromatic carbocycles. The number of benzene rings is 2. The van der Waals surface area contributed by atoms with Gasteiger partial charge < -0.3 is 5.73 Å². The van der Waals surface area contributed by atoms with Crippen LogP contribution in [0.2, 0.25) is 0 Å². The van der Waals surface area contributed by atoms with Crippen molar-refractivity contribution in [1.29, 1.82) is 0 Å². The van der Waals surface area contributed by atoms with Gasteiger partial charge in [0, 0.05) is 17.8 Å². The molecular weight excluding hydrogens is 239 g/mol. The Balaban J connectivity index is 2.14. The maximum atomic E-state index is 13.3. The summed E-state index contributed by atoms with van der Waals surface area (Å²) in [6.45, 7) is 0. The van der Waals surface area contributed by atoms with Crippen LogP contribution in [0.5, 0.6) is 0 Å². The van der Waals surface area contributed by atoms with Crippen molar-refractivity contribution >= 4 is 10.8 Å². The van der Waals surface area contributed by atoms with Crippen molar-refractivity contribution in [1.82, 2.24) is 4.98 Å². The van der Waals surface area contributed by atoms with E-state index in [1.54, 1.807) is 18.5 Å². The molecule has 1 aromatic heterocycles. The molecule has 0 bridgehead atoms. The molecule has 3 heteroatoms. The summed E-state index contributed by atoms with van der Waals surface area (Å²) in [5, 5.41) is 2.08.